The molecule has 0 aromatic heterocycles. The van der Waals surface area contributed by atoms with Gasteiger partial charge in [-0.2, -0.15) is 0 Å². The van der Waals surface area contributed by atoms with Gasteiger partial charge in [-0.15, -0.1) is 0 Å². The van der Waals surface area contributed by atoms with E-state index in [1.165, 1.54) is 0 Å². The smallest absolute Gasteiger partial charge is 0.251 e. The molecule has 0 spiro atoms. The lowest BCUT2D eigenvalue weighted by atomic mass is 10.1. The summed E-state index contributed by atoms with van der Waals surface area (Å²) in [5, 5.41) is 3.00. The molecule has 29 heavy (non-hydrogen) atoms. The van der Waals surface area contributed by atoms with Crippen molar-refractivity contribution in [1.82, 2.24) is 5.32 Å². The Morgan fingerprint density at radius 3 is 2.21 bits per heavy atom. The molecule has 0 bridgehead atoms. The maximum Gasteiger partial charge on any atom is 0.251 e. The maximum atomic E-state index is 12.7. The Balaban J connectivity index is 2.07. The molecular formula is C23H31NO5. The molecule has 0 aliphatic heterocycles. The molecule has 2 rings (SSSR count). The number of methoxy groups -OCH3 is 3. The number of hydrogen-bond donors (Lipinski definition) is 1. The Morgan fingerprint density at radius 1 is 0.897 bits per heavy atom. The van der Waals surface area contributed by atoms with Gasteiger partial charge in [0.05, 0.1) is 34.0 Å². The molecule has 1 amide bonds. The van der Waals surface area contributed by atoms with Crippen LogP contribution in [0.1, 0.15) is 55.1 Å². The van der Waals surface area contributed by atoms with Crippen LogP contribution in [0.15, 0.2) is 36.4 Å². The molecule has 1 unspecified atom stereocenters. The van der Waals surface area contributed by atoms with Crippen LogP contribution >= 0.6 is 0 Å². The fourth-order valence-corrected chi connectivity index (χ4v) is 2.95. The van der Waals surface area contributed by atoms with Crippen molar-refractivity contribution in [2.24, 2.45) is 0 Å². The summed E-state index contributed by atoms with van der Waals surface area (Å²) in [7, 11) is 4.72. The Labute approximate surface area is 173 Å². The van der Waals surface area contributed by atoms with Gasteiger partial charge in [-0.25, -0.2) is 0 Å². The Kier molecular flexibility index (Phi) is 8.65. The van der Waals surface area contributed by atoms with E-state index in [0.717, 1.165) is 24.8 Å². The summed E-state index contributed by atoms with van der Waals surface area (Å²) in [4.78, 5) is 12.7. The van der Waals surface area contributed by atoms with E-state index >= 15 is 0 Å². The molecule has 0 fully saturated rings. The number of ether oxygens (including phenoxy) is 4. The highest BCUT2D eigenvalue weighted by Crippen LogP contribution is 2.31. The molecular weight excluding hydrogens is 370 g/mol. The van der Waals surface area contributed by atoms with E-state index in [1.807, 2.05) is 25.1 Å². The molecule has 158 valence electrons. The number of amides is 1. The molecule has 0 saturated carbocycles. The first-order chi connectivity index (χ1) is 14.0. The van der Waals surface area contributed by atoms with Crippen LogP contribution in [0.25, 0.3) is 0 Å². The maximum absolute atomic E-state index is 12.7. The van der Waals surface area contributed by atoms with Crippen LogP contribution < -0.4 is 24.3 Å². The Hall–Kier alpha value is -2.89. The second kappa shape index (κ2) is 11.2. The van der Waals surface area contributed by atoms with Crippen molar-refractivity contribution < 1.29 is 23.7 Å². The predicted molar refractivity (Wildman–Crippen MR) is 113 cm³/mol. The molecule has 0 aliphatic carbocycles. The Bertz CT molecular complexity index is 806. The van der Waals surface area contributed by atoms with Crippen molar-refractivity contribution in [3.8, 4) is 23.0 Å². The van der Waals surface area contributed by atoms with E-state index in [4.69, 9.17) is 18.9 Å². The molecule has 2 aromatic carbocycles. The summed E-state index contributed by atoms with van der Waals surface area (Å²) >= 11 is 0. The molecule has 0 radical (unpaired) electrons. The second-order valence-electron chi connectivity index (χ2n) is 6.73. The molecule has 6 heteroatoms. The molecule has 0 aliphatic rings. The third-order valence-electron chi connectivity index (χ3n) is 4.69. The molecule has 6 nitrogen and oxygen atoms in total. The van der Waals surface area contributed by atoms with Gasteiger partial charge in [-0.3, -0.25) is 4.79 Å². The van der Waals surface area contributed by atoms with Gasteiger partial charge in [0.15, 0.2) is 23.0 Å². The van der Waals surface area contributed by atoms with Crippen LogP contribution in [0.5, 0.6) is 23.0 Å². The molecule has 2 aromatic rings. The van der Waals surface area contributed by atoms with E-state index in [9.17, 15) is 4.79 Å². The minimum absolute atomic E-state index is 0.197. The lowest BCUT2D eigenvalue weighted by Gasteiger charge is -2.18. The number of carbonyl (C=O) groups excluding carboxylic acids is 1. The van der Waals surface area contributed by atoms with Crippen LogP contribution in [0.4, 0.5) is 0 Å². The largest absolute Gasteiger partial charge is 0.493 e. The van der Waals surface area contributed by atoms with E-state index in [2.05, 4.69) is 12.2 Å². The third kappa shape index (κ3) is 6.04. The fourth-order valence-electron chi connectivity index (χ4n) is 2.95. The summed E-state index contributed by atoms with van der Waals surface area (Å²) in [6.07, 6.45) is 3.30. The van der Waals surface area contributed by atoms with Gasteiger partial charge in [0.2, 0.25) is 0 Å². The van der Waals surface area contributed by atoms with Gasteiger partial charge in [-0.1, -0.05) is 25.8 Å². The first-order valence-corrected chi connectivity index (χ1v) is 9.87. The van der Waals surface area contributed by atoms with Gasteiger partial charge < -0.3 is 24.3 Å². The van der Waals surface area contributed by atoms with Crippen LogP contribution in [-0.2, 0) is 0 Å². The highest BCUT2D eigenvalue weighted by molar-refractivity contribution is 5.95. The highest BCUT2D eigenvalue weighted by Gasteiger charge is 2.16. The summed E-state index contributed by atoms with van der Waals surface area (Å²) < 4.78 is 21.8. The first kappa shape index (κ1) is 22.4. The zero-order chi connectivity index (χ0) is 21.2. The van der Waals surface area contributed by atoms with E-state index < -0.39 is 0 Å². The van der Waals surface area contributed by atoms with Gasteiger partial charge in [0, 0.05) is 5.56 Å². The van der Waals surface area contributed by atoms with Crippen molar-refractivity contribution in [2.75, 3.05) is 27.9 Å². The number of benzene rings is 2. The summed E-state index contributed by atoms with van der Waals surface area (Å²) in [6, 6.07) is 10.6. The SMILES string of the molecule is CCCCCOc1ccc(C(C)NC(=O)c2ccc(OC)c(OC)c2)cc1OC. The first-order valence-electron chi connectivity index (χ1n) is 9.87. The lowest BCUT2D eigenvalue weighted by molar-refractivity contribution is 0.0939. The van der Waals surface area contributed by atoms with Crippen molar-refractivity contribution >= 4 is 5.91 Å². The minimum Gasteiger partial charge on any atom is -0.493 e. The van der Waals surface area contributed by atoms with Crippen molar-refractivity contribution in [3.63, 3.8) is 0 Å². The Morgan fingerprint density at radius 2 is 1.55 bits per heavy atom. The van der Waals surface area contributed by atoms with Crippen LogP contribution in [-0.4, -0.2) is 33.8 Å². The minimum atomic E-state index is -0.210. The monoisotopic (exact) mass is 401 g/mol. The average Bonchev–Trinajstić information content (AvgIpc) is 2.75. The van der Waals surface area contributed by atoms with Gasteiger partial charge in [-0.05, 0) is 49.2 Å². The van der Waals surface area contributed by atoms with E-state index in [1.54, 1.807) is 39.5 Å². The molecule has 1 atom stereocenters. The fraction of sp³-hybridized carbons (Fsp3) is 0.435. The molecule has 0 saturated heterocycles. The topological polar surface area (TPSA) is 66.0 Å². The molecule has 1 N–H and O–H groups in total. The van der Waals surface area contributed by atoms with Gasteiger partial charge in [0.25, 0.3) is 5.91 Å². The predicted octanol–water partition coefficient (Wildman–Crippen LogP) is 4.77. The summed E-state index contributed by atoms with van der Waals surface area (Å²) in [6.45, 7) is 4.75. The van der Waals surface area contributed by atoms with Gasteiger partial charge in [0.1, 0.15) is 0 Å². The number of carbonyl (C=O) groups is 1. The third-order valence-corrected chi connectivity index (χ3v) is 4.69. The van der Waals surface area contributed by atoms with Crippen molar-refractivity contribution in [3.05, 3.63) is 47.5 Å². The second-order valence-corrected chi connectivity index (χ2v) is 6.73. The average molecular weight is 402 g/mol. The highest BCUT2D eigenvalue weighted by atomic mass is 16.5. The van der Waals surface area contributed by atoms with E-state index in [-0.39, 0.29) is 11.9 Å². The van der Waals surface area contributed by atoms with Gasteiger partial charge >= 0.3 is 0 Å². The van der Waals surface area contributed by atoms with Crippen molar-refractivity contribution in [1.29, 1.82) is 0 Å². The number of unbranched alkanes of at least 4 members (excludes halogenated alkanes) is 2. The van der Waals surface area contributed by atoms with Crippen molar-refractivity contribution in [2.45, 2.75) is 39.2 Å². The number of rotatable bonds is 11. The number of hydrogen-bond acceptors (Lipinski definition) is 5. The normalized spacial score (nSPS) is 11.5. The van der Waals surface area contributed by atoms with E-state index in [0.29, 0.717) is 35.2 Å². The van der Waals surface area contributed by atoms with Crippen LogP contribution in [0, 0.1) is 0 Å². The quantitative estimate of drug-likeness (QED) is 0.549. The van der Waals surface area contributed by atoms with Crippen LogP contribution in [0.2, 0.25) is 0 Å². The standard InChI is InChI=1S/C23H31NO5/c1-6-7-8-13-29-20-12-9-17(14-22(20)28-5)16(2)24-23(25)18-10-11-19(26-3)21(15-18)27-4/h9-12,14-16H,6-8,13H2,1-5H3,(H,24,25). The summed E-state index contributed by atoms with van der Waals surface area (Å²) in [5.41, 5.74) is 1.42. The lowest BCUT2D eigenvalue weighted by Crippen LogP contribution is -2.26. The summed E-state index contributed by atoms with van der Waals surface area (Å²) in [5.74, 6) is 2.27. The van der Waals surface area contributed by atoms with Crippen LogP contribution in [0.3, 0.4) is 0 Å². The number of nitrogens with one attached hydrogen (secondary N) is 1. The zero-order valence-electron chi connectivity index (χ0n) is 17.9. The zero-order valence-corrected chi connectivity index (χ0v) is 17.9. The molecule has 0 heterocycles.